The number of aryl methyl sites for hydroxylation is 1. The molecule has 4 N–H and O–H groups in total. The van der Waals surface area contributed by atoms with Crippen LogP contribution in [0.5, 0.6) is 5.75 Å². The molecule has 1 saturated carbocycles. The van der Waals surface area contributed by atoms with Gasteiger partial charge in [0.05, 0.1) is 29.0 Å². The third-order valence-electron chi connectivity index (χ3n) is 10.5. The molecule has 3 fully saturated rings. The first-order chi connectivity index (χ1) is 19.5. The van der Waals surface area contributed by atoms with Gasteiger partial charge in [0.1, 0.15) is 5.82 Å². The van der Waals surface area contributed by atoms with E-state index in [1.54, 1.807) is 12.1 Å². The number of nitrogens with zero attached hydrogens (tertiary/aromatic N) is 4. The zero-order chi connectivity index (χ0) is 29.2. The van der Waals surface area contributed by atoms with E-state index in [4.69, 9.17) is 4.98 Å². The van der Waals surface area contributed by atoms with Crippen LogP contribution in [0.25, 0.3) is 0 Å². The third-order valence-corrected chi connectivity index (χ3v) is 10.5. The molecule has 9 nitrogen and oxygen atoms in total. The molecule has 1 aliphatic carbocycles. The number of hydrazine groups is 1. The van der Waals surface area contributed by atoms with Gasteiger partial charge in [0, 0.05) is 38.1 Å². The highest BCUT2D eigenvalue weighted by Crippen LogP contribution is 2.45. The Morgan fingerprint density at radius 3 is 2.68 bits per heavy atom. The number of carbonyl (C=O) groups is 1. The number of amides is 1. The monoisotopic (exact) mass is 567 g/mol. The number of likely N-dealkylation sites (tertiary alicyclic amines) is 1. The summed E-state index contributed by atoms with van der Waals surface area (Å²) in [5.41, 5.74) is 11.3. The van der Waals surface area contributed by atoms with E-state index in [2.05, 4.69) is 67.4 Å². The molecule has 1 amide bonds. The maximum atomic E-state index is 14.3. The summed E-state index contributed by atoms with van der Waals surface area (Å²) < 4.78 is 14.3. The maximum absolute atomic E-state index is 14.3. The summed E-state index contributed by atoms with van der Waals surface area (Å²) >= 11 is 0. The number of imidazole rings is 1. The Hall–Kier alpha value is -2.53. The van der Waals surface area contributed by atoms with E-state index in [1.807, 2.05) is 4.90 Å². The lowest BCUT2D eigenvalue weighted by Gasteiger charge is -2.53. The van der Waals surface area contributed by atoms with Crippen LogP contribution in [0, 0.1) is 11.7 Å². The Bertz CT molecular complexity index is 1300. The number of aromatic nitrogens is 2. The Kier molecular flexibility index (Phi) is 7.41. The van der Waals surface area contributed by atoms with Gasteiger partial charge in [-0.05, 0) is 95.6 Å². The highest BCUT2D eigenvalue weighted by atomic mass is 19.1. The molecule has 1 aromatic heterocycles. The summed E-state index contributed by atoms with van der Waals surface area (Å²) in [6.07, 6.45) is 4.27. The fourth-order valence-corrected chi connectivity index (χ4v) is 7.63. The quantitative estimate of drug-likeness (QED) is 0.426. The van der Waals surface area contributed by atoms with Crippen molar-refractivity contribution in [3.63, 3.8) is 0 Å². The highest BCUT2D eigenvalue weighted by molar-refractivity contribution is 5.83. The van der Waals surface area contributed by atoms with Crippen LogP contribution in [0.1, 0.15) is 87.3 Å². The van der Waals surface area contributed by atoms with Gasteiger partial charge in [0.2, 0.25) is 5.91 Å². The number of likely N-dealkylation sites (N-methyl/N-ethyl adjacent to an activating group) is 1. The number of benzene rings is 1. The Morgan fingerprint density at radius 1 is 1.24 bits per heavy atom. The lowest BCUT2D eigenvalue weighted by Crippen LogP contribution is -2.70. The topological polar surface area (TPSA) is 99.8 Å². The largest absolute Gasteiger partial charge is 0.505 e. The molecule has 41 heavy (non-hydrogen) atoms. The molecule has 1 aromatic carbocycles. The van der Waals surface area contributed by atoms with Gasteiger partial charge in [-0.2, -0.15) is 0 Å². The van der Waals surface area contributed by atoms with E-state index in [-0.39, 0.29) is 47.3 Å². The van der Waals surface area contributed by atoms with E-state index in [9.17, 15) is 14.3 Å². The predicted molar refractivity (Wildman–Crippen MR) is 156 cm³/mol. The molecule has 3 aliphatic heterocycles. The lowest BCUT2D eigenvalue weighted by molar-refractivity contribution is -0.150. The van der Waals surface area contributed by atoms with Gasteiger partial charge in [0.15, 0.2) is 11.6 Å². The van der Waals surface area contributed by atoms with Crippen molar-refractivity contribution in [1.82, 2.24) is 35.5 Å². The molecule has 2 saturated heterocycles. The van der Waals surface area contributed by atoms with Crippen LogP contribution in [0.15, 0.2) is 12.1 Å². The average Bonchev–Trinajstić information content (AvgIpc) is 3.54. The number of rotatable bonds is 6. The molecule has 0 bridgehead atoms. The smallest absolute Gasteiger partial charge is 0.240 e. The van der Waals surface area contributed by atoms with Crippen LogP contribution in [-0.2, 0) is 24.2 Å². The second kappa shape index (κ2) is 10.6. The number of aromatic amines is 1. The molecule has 4 unspecified atom stereocenters. The number of hydrogen-bond acceptors (Lipinski definition) is 7. The summed E-state index contributed by atoms with van der Waals surface area (Å²) in [5, 5.41) is 9.88. The molecule has 5 atom stereocenters. The van der Waals surface area contributed by atoms with Crippen molar-refractivity contribution in [2.75, 3.05) is 27.2 Å². The van der Waals surface area contributed by atoms with E-state index in [0.717, 1.165) is 67.1 Å². The van der Waals surface area contributed by atoms with Gasteiger partial charge in [0.25, 0.3) is 0 Å². The van der Waals surface area contributed by atoms with Gasteiger partial charge >= 0.3 is 0 Å². The average molecular weight is 568 g/mol. The fourth-order valence-electron chi connectivity index (χ4n) is 7.63. The van der Waals surface area contributed by atoms with Crippen molar-refractivity contribution >= 4 is 5.91 Å². The van der Waals surface area contributed by atoms with Crippen molar-refractivity contribution in [3.05, 3.63) is 46.3 Å². The van der Waals surface area contributed by atoms with Gasteiger partial charge in [-0.15, -0.1) is 0 Å². The lowest BCUT2D eigenvalue weighted by atomic mass is 9.73. The molecule has 0 radical (unpaired) electrons. The molecule has 0 spiro atoms. The summed E-state index contributed by atoms with van der Waals surface area (Å²) in [6, 6.07) is 3.50. The van der Waals surface area contributed by atoms with E-state index >= 15 is 0 Å². The second-order valence-electron chi connectivity index (χ2n) is 13.5. The number of aromatic hydroxyl groups is 1. The first kappa shape index (κ1) is 28.6. The minimum Gasteiger partial charge on any atom is -0.505 e. The van der Waals surface area contributed by atoms with Crippen LogP contribution in [0.2, 0.25) is 0 Å². The van der Waals surface area contributed by atoms with Crippen LogP contribution in [0.3, 0.4) is 0 Å². The molecule has 4 heterocycles. The summed E-state index contributed by atoms with van der Waals surface area (Å²) in [6.45, 7) is 10.8. The number of hydrogen-bond donors (Lipinski definition) is 4. The predicted octanol–water partition coefficient (Wildman–Crippen LogP) is 3.22. The summed E-state index contributed by atoms with van der Waals surface area (Å²) in [4.78, 5) is 28.9. The van der Waals surface area contributed by atoms with Crippen LogP contribution in [0.4, 0.5) is 4.39 Å². The number of H-pyrrole nitrogens is 1. The van der Waals surface area contributed by atoms with Crippen molar-refractivity contribution in [3.8, 4) is 5.75 Å². The summed E-state index contributed by atoms with van der Waals surface area (Å²) in [7, 11) is 4.16. The minimum atomic E-state index is -0.538. The first-order valence-corrected chi connectivity index (χ1v) is 15.3. The number of halogens is 1. The van der Waals surface area contributed by atoms with E-state index in [0.29, 0.717) is 18.9 Å². The number of phenols is 1. The third kappa shape index (κ3) is 4.96. The van der Waals surface area contributed by atoms with Crippen molar-refractivity contribution in [2.45, 2.75) is 102 Å². The zero-order valence-corrected chi connectivity index (χ0v) is 25.3. The zero-order valence-electron chi connectivity index (χ0n) is 25.3. The number of phenolic OH excluding ortho intramolecular Hbond substituents is 1. The maximum Gasteiger partial charge on any atom is 0.240 e. The van der Waals surface area contributed by atoms with Crippen LogP contribution < -0.4 is 10.9 Å². The number of fused-ring (bicyclic) bond motifs is 2. The molecular formula is C31H46FN7O2. The van der Waals surface area contributed by atoms with Crippen molar-refractivity contribution < 1.29 is 14.3 Å². The highest BCUT2D eigenvalue weighted by Gasteiger charge is 2.48. The van der Waals surface area contributed by atoms with Gasteiger partial charge in [-0.25, -0.2) is 14.8 Å². The molecule has 6 rings (SSSR count). The Morgan fingerprint density at radius 2 is 2.00 bits per heavy atom. The van der Waals surface area contributed by atoms with E-state index < -0.39 is 5.82 Å². The molecule has 4 aliphatic rings. The SMILES string of the molecule is CCc1cc(O)c(F)cc1C1CCC2C(C1)NNC2c1nc2c([nH]1)CN(C(C)C)[C@@H](C(=O)N1CC(C)(N(C)C)C1)C2. The van der Waals surface area contributed by atoms with Crippen molar-refractivity contribution in [1.29, 1.82) is 0 Å². The minimum absolute atomic E-state index is 0.0445. The molecule has 224 valence electrons. The van der Waals surface area contributed by atoms with Crippen LogP contribution in [-0.4, -0.2) is 86.5 Å². The van der Waals surface area contributed by atoms with Crippen molar-refractivity contribution in [2.24, 2.45) is 5.92 Å². The Balaban J connectivity index is 1.16. The standard InChI is InChI=1S/C31H46FN7O2/c1-7-18-11-27(40)22(32)12-21(18)19-8-9-20-23(10-19)35-36-28(20)29-33-24-13-26(39(17(2)3)14-25(24)34-29)30(41)38-15-31(4,16-38)37(5)6/h11-12,17,19-20,23,26,28,35-36,40H,7-10,13-16H2,1-6H3,(H,33,34)/t19?,20?,23?,26-,28?/m1/s1. The normalized spacial score (nSPS) is 29.5. The van der Waals surface area contributed by atoms with Gasteiger partial charge < -0.3 is 19.9 Å². The number of nitrogens with one attached hydrogen (secondary N) is 3. The van der Waals surface area contributed by atoms with Gasteiger partial charge in [-0.3, -0.25) is 15.1 Å². The fraction of sp³-hybridized carbons (Fsp3) is 0.677. The summed E-state index contributed by atoms with van der Waals surface area (Å²) in [5.74, 6) is 0.974. The first-order valence-electron chi connectivity index (χ1n) is 15.3. The van der Waals surface area contributed by atoms with E-state index in [1.165, 1.54) is 0 Å². The number of carbonyl (C=O) groups excluding carboxylic acids is 1. The molecule has 2 aromatic rings. The Labute approximate surface area is 242 Å². The molecule has 10 heteroatoms. The van der Waals surface area contributed by atoms with Gasteiger partial charge in [-0.1, -0.05) is 6.92 Å². The second-order valence-corrected chi connectivity index (χ2v) is 13.5. The molecular weight excluding hydrogens is 521 g/mol. The van der Waals surface area contributed by atoms with Crippen LogP contribution >= 0.6 is 0 Å².